The molecule has 0 atom stereocenters. The molecule has 0 radical (unpaired) electrons. The summed E-state index contributed by atoms with van der Waals surface area (Å²) < 4.78 is 1.77. The van der Waals surface area contributed by atoms with Crippen molar-refractivity contribution in [1.29, 1.82) is 0 Å². The van der Waals surface area contributed by atoms with Crippen LogP contribution in [0.5, 0.6) is 0 Å². The number of primary amides is 1. The zero-order valence-corrected chi connectivity index (χ0v) is 7.50. The SMILES string of the molecule is CCCc1cc(C(N)=O)n(C)c1. The van der Waals surface area contributed by atoms with Gasteiger partial charge in [0, 0.05) is 13.2 Å². The molecule has 1 heterocycles. The van der Waals surface area contributed by atoms with Crippen molar-refractivity contribution >= 4 is 5.91 Å². The zero-order chi connectivity index (χ0) is 9.14. The molecular formula is C9H14N2O. The van der Waals surface area contributed by atoms with Crippen molar-refractivity contribution in [2.75, 3.05) is 0 Å². The minimum Gasteiger partial charge on any atom is -0.364 e. The molecule has 0 unspecified atom stereocenters. The summed E-state index contributed by atoms with van der Waals surface area (Å²) in [5, 5.41) is 0. The molecular weight excluding hydrogens is 152 g/mol. The van der Waals surface area contributed by atoms with E-state index >= 15 is 0 Å². The largest absolute Gasteiger partial charge is 0.364 e. The lowest BCUT2D eigenvalue weighted by Gasteiger charge is -1.94. The monoisotopic (exact) mass is 166 g/mol. The van der Waals surface area contributed by atoms with Crippen molar-refractivity contribution in [2.45, 2.75) is 19.8 Å². The predicted molar refractivity (Wildman–Crippen MR) is 47.9 cm³/mol. The van der Waals surface area contributed by atoms with Crippen LogP contribution in [-0.4, -0.2) is 10.5 Å². The normalized spacial score (nSPS) is 10.2. The Morgan fingerprint density at radius 3 is 2.75 bits per heavy atom. The van der Waals surface area contributed by atoms with Crippen molar-refractivity contribution < 1.29 is 4.79 Å². The van der Waals surface area contributed by atoms with Gasteiger partial charge in [0.15, 0.2) is 0 Å². The number of aromatic nitrogens is 1. The molecule has 66 valence electrons. The van der Waals surface area contributed by atoms with E-state index in [1.807, 2.05) is 19.3 Å². The summed E-state index contributed by atoms with van der Waals surface area (Å²) in [5.74, 6) is -0.361. The lowest BCUT2D eigenvalue weighted by molar-refractivity contribution is 0.0992. The number of hydrogen-bond acceptors (Lipinski definition) is 1. The van der Waals surface area contributed by atoms with Crippen LogP contribution in [-0.2, 0) is 13.5 Å². The van der Waals surface area contributed by atoms with Gasteiger partial charge in [0.05, 0.1) is 0 Å². The quantitative estimate of drug-likeness (QED) is 0.717. The number of nitrogens with zero attached hydrogens (tertiary/aromatic N) is 1. The summed E-state index contributed by atoms with van der Waals surface area (Å²) in [6, 6.07) is 1.85. The number of amides is 1. The van der Waals surface area contributed by atoms with E-state index in [4.69, 9.17) is 5.73 Å². The summed E-state index contributed by atoms with van der Waals surface area (Å²) in [6.07, 6.45) is 4.03. The first kappa shape index (κ1) is 8.84. The molecule has 0 spiro atoms. The molecule has 0 fully saturated rings. The average Bonchev–Trinajstić information content (AvgIpc) is 2.32. The van der Waals surface area contributed by atoms with Gasteiger partial charge in [0.25, 0.3) is 5.91 Å². The first-order chi connectivity index (χ1) is 5.65. The second-order valence-corrected chi connectivity index (χ2v) is 2.96. The fraction of sp³-hybridized carbons (Fsp3) is 0.444. The third-order valence-electron chi connectivity index (χ3n) is 1.85. The Balaban J connectivity index is 2.92. The van der Waals surface area contributed by atoms with Gasteiger partial charge in [-0.25, -0.2) is 0 Å². The topological polar surface area (TPSA) is 48.0 Å². The lowest BCUT2D eigenvalue weighted by Crippen LogP contribution is -2.14. The van der Waals surface area contributed by atoms with Crippen molar-refractivity contribution in [1.82, 2.24) is 4.57 Å². The fourth-order valence-electron chi connectivity index (χ4n) is 1.30. The van der Waals surface area contributed by atoms with Crippen LogP contribution >= 0.6 is 0 Å². The van der Waals surface area contributed by atoms with Gasteiger partial charge in [-0.05, 0) is 18.1 Å². The van der Waals surface area contributed by atoms with E-state index in [-0.39, 0.29) is 5.91 Å². The van der Waals surface area contributed by atoms with Gasteiger partial charge < -0.3 is 10.3 Å². The number of nitrogens with two attached hydrogens (primary N) is 1. The Morgan fingerprint density at radius 1 is 1.67 bits per heavy atom. The standard InChI is InChI=1S/C9H14N2O/c1-3-4-7-5-8(9(10)12)11(2)6-7/h5-6H,3-4H2,1-2H3,(H2,10,12). The van der Waals surface area contributed by atoms with Gasteiger partial charge in [-0.1, -0.05) is 13.3 Å². The van der Waals surface area contributed by atoms with Crippen LogP contribution in [0.15, 0.2) is 12.3 Å². The lowest BCUT2D eigenvalue weighted by atomic mass is 10.2. The maximum absolute atomic E-state index is 10.8. The molecule has 3 nitrogen and oxygen atoms in total. The Kier molecular flexibility index (Phi) is 2.53. The van der Waals surface area contributed by atoms with Crippen LogP contribution in [0, 0.1) is 0 Å². The van der Waals surface area contributed by atoms with E-state index in [9.17, 15) is 4.79 Å². The highest BCUT2D eigenvalue weighted by Gasteiger charge is 2.06. The van der Waals surface area contributed by atoms with E-state index < -0.39 is 0 Å². The number of carbonyl (C=O) groups excluding carboxylic acids is 1. The van der Waals surface area contributed by atoms with Crippen LogP contribution in [0.25, 0.3) is 0 Å². The molecule has 0 aliphatic heterocycles. The first-order valence-corrected chi connectivity index (χ1v) is 4.10. The molecule has 0 saturated carbocycles. The molecule has 2 N–H and O–H groups in total. The molecule has 0 aromatic carbocycles. The first-order valence-electron chi connectivity index (χ1n) is 4.10. The van der Waals surface area contributed by atoms with E-state index in [2.05, 4.69) is 6.92 Å². The maximum atomic E-state index is 10.8. The minimum atomic E-state index is -0.361. The molecule has 12 heavy (non-hydrogen) atoms. The van der Waals surface area contributed by atoms with Gasteiger partial charge in [-0.3, -0.25) is 4.79 Å². The molecule has 1 rings (SSSR count). The molecule has 0 aliphatic rings. The number of hydrogen-bond donors (Lipinski definition) is 1. The van der Waals surface area contributed by atoms with Crippen molar-refractivity contribution in [3.05, 3.63) is 23.5 Å². The highest BCUT2D eigenvalue weighted by Crippen LogP contribution is 2.08. The van der Waals surface area contributed by atoms with Crippen molar-refractivity contribution in [2.24, 2.45) is 12.8 Å². The third kappa shape index (κ3) is 1.67. The molecule has 0 bridgehead atoms. The van der Waals surface area contributed by atoms with E-state index in [1.165, 1.54) is 5.56 Å². The second-order valence-electron chi connectivity index (χ2n) is 2.96. The van der Waals surface area contributed by atoms with Crippen LogP contribution in [0.1, 0.15) is 29.4 Å². The molecule has 1 aromatic rings. The zero-order valence-electron chi connectivity index (χ0n) is 7.50. The second kappa shape index (κ2) is 3.43. The Labute approximate surface area is 72.2 Å². The summed E-state index contributed by atoms with van der Waals surface area (Å²) in [4.78, 5) is 10.8. The van der Waals surface area contributed by atoms with E-state index in [0.717, 1.165) is 12.8 Å². The van der Waals surface area contributed by atoms with E-state index in [0.29, 0.717) is 5.69 Å². The van der Waals surface area contributed by atoms with Gasteiger partial charge in [0.2, 0.25) is 0 Å². The minimum absolute atomic E-state index is 0.361. The maximum Gasteiger partial charge on any atom is 0.265 e. The Hall–Kier alpha value is -1.25. The summed E-state index contributed by atoms with van der Waals surface area (Å²) in [6.45, 7) is 2.11. The van der Waals surface area contributed by atoms with Gasteiger partial charge in [0.1, 0.15) is 5.69 Å². The van der Waals surface area contributed by atoms with Crippen LogP contribution < -0.4 is 5.73 Å². The number of carbonyl (C=O) groups is 1. The Morgan fingerprint density at radius 2 is 2.33 bits per heavy atom. The van der Waals surface area contributed by atoms with Gasteiger partial charge in [-0.15, -0.1) is 0 Å². The fourth-order valence-corrected chi connectivity index (χ4v) is 1.30. The number of rotatable bonds is 3. The molecule has 0 saturated heterocycles. The van der Waals surface area contributed by atoms with Crippen molar-refractivity contribution in [3.8, 4) is 0 Å². The van der Waals surface area contributed by atoms with Gasteiger partial charge in [-0.2, -0.15) is 0 Å². The number of aryl methyl sites for hydroxylation is 2. The third-order valence-corrected chi connectivity index (χ3v) is 1.85. The van der Waals surface area contributed by atoms with Crippen molar-refractivity contribution in [3.63, 3.8) is 0 Å². The molecule has 3 heteroatoms. The molecule has 1 aromatic heterocycles. The van der Waals surface area contributed by atoms with Crippen LogP contribution in [0.3, 0.4) is 0 Å². The van der Waals surface area contributed by atoms with Gasteiger partial charge >= 0.3 is 0 Å². The smallest absolute Gasteiger partial charge is 0.265 e. The van der Waals surface area contributed by atoms with Crippen LogP contribution in [0.2, 0.25) is 0 Å². The highest BCUT2D eigenvalue weighted by atomic mass is 16.1. The Bertz CT molecular complexity index is 289. The molecule has 1 amide bonds. The van der Waals surface area contributed by atoms with E-state index in [1.54, 1.807) is 4.57 Å². The summed E-state index contributed by atoms with van der Waals surface area (Å²) >= 11 is 0. The molecule has 0 aliphatic carbocycles. The summed E-state index contributed by atoms with van der Waals surface area (Å²) in [5.41, 5.74) is 6.92. The highest BCUT2D eigenvalue weighted by molar-refractivity contribution is 5.91. The summed E-state index contributed by atoms with van der Waals surface area (Å²) in [7, 11) is 1.83. The predicted octanol–water partition coefficient (Wildman–Crippen LogP) is 1.08. The average molecular weight is 166 g/mol. The van der Waals surface area contributed by atoms with Crippen LogP contribution in [0.4, 0.5) is 0 Å².